The van der Waals surface area contributed by atoms with Crippen molar-refractivity contribution in [3.8, 4) is 22.9 Å². The van der Waals surface area contributed by atoms with Crippen LogP contribution >= 0.6 is 11.6 Å². The second-order valence-corrected chi connectivity index (χ2v) is 5.06. The van der Waals surface area contributed by atoms with Crippen molar-refractivity contribution < 1.29 is 14.0 Å². The summed E-state index contributed by atoms with van der Waals surface area (Å²) in [5, 5.41) is 7.65. The highest BCUT2D eigenvalue weighted by atomic mass is 35.5. The zero-order valence-electron chi connectivity index (χ0n) is 12.5. The molecule has 0 fully saturated rings. The normalized spacial score (nSPS) is 10.4. The van der Waals surface area contributed by atoms with E-state index in [9.17, 15) is 0 Å². The quantitative estimate of drug-likeness (QED) is 0.757. The number of halogens is 1. The van der Waals surface area contributed by atoms with Crippen molar-refractivity contribution in [3.05, 3.63) is 47.5 Å². The SMILES string of the molecule is COc1ccc(OC)c(-c2noc(Nc3ccc(Cl)cc3)n2)c1. The molecule has 3 aromatic rings. The van der Waals surface area contributed by atoms with Crippen LogP contribution in [0.5, 0.6) is 11.5 Å². The Balaban J connectivity index is 1.88. The molecule has 1 N–H and O–H groups in total. The summed E-state index contributed by atoms with van der Waals surface area (Å²) < 4.78 is 15.8. The van der Waals surface area contributed by atoms with E-state index in [1.54, 1.807) is 44.6 Å². The minimum absolute atomic E-state index is 0.271. The third-order valence-electron chi connectivity index (χ3n) is 3.17. The lowest BCUT2D eigenvalue weighted by Crippen LogP contribution is -1.92. The smallest absolute Gasteiger partial charge is 0.326 e. The van der Waals surface area contributed by atoms with Crippen molar-refractivity contribution in [1.82, 2.24) is 10.1 Å². The van der Waals surface area contributed by atoms with Gasteiger partial charge in [0.15, 0.2) is 0 Å². The molecule has 6 nitrogen and oxygen atoms in total. The van der Waals surface area contributed by atoms with Gasteiger partial charge in [-0.3, -0.25) is 0 Å². The van der Waals surface area contributed by atoms with E-state index in [0.717, 1.165) is 5.69 Å². The number of hydrogen-bond donors (Lipinski definition) is 1. The Labute approximate surface area is 138 Å². The lowest BCUT2D eigenvalue weighted by molar-refractivity contribution is 0.403. The number of rotatable bonds is 5. The first-order valence-corrected chi connectivity index (χ1v) is 7.16. The van der Waals surface area contributed by atoms with Crippen LogP contribution in [-0.4, -0.2) is 24.4 Å². The highest BCUT2D eigenvalue weighted by molar-refractivity contribution is 6.30. The van der Waals surface area contributed by atoms with Crippen LogP contribution in [0.25, 0.3) is 11.4 Å². The molecule has 3 rings (SSSR count). The van der Waals surface area contributed by atoms with Crippen LogP contribution in [0.3, 0.4) is 0 Å². The first-order valence-electron chi connectivity index (χ1n) is 6.78. The zero-order valence-corrected chi connectivity index (χ0v) is 13.3. The van der Waals surface area contributed by atoms with Gasteiger partial charge in [0.25, 0.3) is 0 Å². The molecule has 0 saturated heterocycles. The molecular formula is C16H14ClN3O3. The molecule has 0 saturated carbocycles. The van der Waals surface area contributed by atoms with Gasteiger partial charge in [0, 0.05) is 10.7 Å². The fraction of sp³-hybridized carbons (Fsp3) is 0.125. The molecule has 0 atom stereocenters. The van der Waals surface area contributed by atoms with E-state index >= 15 is 0 Å². The number of methoxy groups -OCH3 is 2. The van der Waals surface area contributed by atoms with E-state index < -0.39 is 0 Å². The minimum atomic E-state index is 0.271. The van der Waals surface area contributed by atoms with Crippen LogP contribution in [-0.2, 0) is 0 Å². The average molecular weight is 332 g/mol. The van der Waals surface area contributed by atoms with Gasteiger partial charge in [-0.25, -0.2) is 0 Å². The molecule has 0 radical (unpaired) electrons. The minimum Gasteiger partial charge on any atom is -0.497 e. The molecule has 0 spiro atoms. The second kappa shape index (κ2) is 6.58. The summed E-state index contributed by atoms with van der Waals surface area (Å²) in [6, 6.07) is 12.8. The summed E-state index contributed by atoms with van der Waals surface area (Å²) >= 11 is 5.86. The third-order valence-corrected chi connectivity index (χ3v) is 3.42. The molecule has 0 amide bonds. The fourth-order valence-electron chi connectivity index (χ4n) is 2.03. The van der Waals surface area contributed by atoms with E-state index in [2.05, 4.69) is 15.5 Å². The van der Waals surface area contributed by atoms with E-state index in [1.807, 2.05) is 12.1 Å². The molecule has 1 aromatic heterocycles. The monoisotopic (exact) mass is 331 g/mol. The van der Waals surface area contributed by atoms with Crippen molar-refractivity contribution in [2.24, 2.45) is 0 Å². The molecule has 2 aromatic carbocycles. The van der Waals surface area contributed by atoms with Gasteiger partial charge < -0.3 is 19.3 Å². The standard InChI is InChI=1S/C16H14ClN3O3/c1-21-12-7-8-14(22-2)13(9-12)15-19-16(23-20-15)18-11-5-3-10(17)4-6-11/h3-9H,1-2H3,(H,18,19,20). The highest BCUT2D eigenvalue weighted by Gasteiger charge is 2.14. The average Bonchev–Trinajstić information content (AvgIpc) is 3.04. The fourth-order valence-corrected chi connectivity index (χ4v) is 2.16. The summed E-state index contributed by atoms with van der Waals surface area (Å²) in [6.45, 7) is 0. The molecule has 0 aliphatic carbocycles. The van der Waals surface area contributed by atoms with E-state index in [1.165, 1.54) is 0 Å². The van der Waals surface area contributed by atoms with Gasteiger partial charge in [0.1, 0.15) is 11.5 Å². The largest absolute Gasteiger partial charge is 0.497 e. The molecule has 118 valence electrons. The Morgan fingerprint density at radius 1 is 1.04 bits per heavy atom. The maximum absolute atomic E-state index is 5.86. The number of hydrogen-bond acceptors (Lipinski definition) is 6. The maximum Gasteiger partial charge on any atom is 0.326 e. The number of anilines is 2. The molecule has 0 aliphatic rings. The predicted molar refractivity (Wildman–Crippen MR) is 87.6 cm³/mol. The van der Waals surface area contributed by atoms with Crippen molar-refractivity contribution in [3.63, 3.8) is 0 Å². The van der Waals surface area contributed by atoms with Gasteiger partial charge in [-0.05, 0) is 42.5 Å². The van der Waals surface area contributed by atoms with Crippen molar-refractivity contribution in [2.75, 3.05) is 19.5 Å². The maximum atomic E-state index is 5.86. The Hall–Kier alpha value is -2.73. The molecule has 0 bridgehead atoms. The Kier molecular flexibility index (Phi) is 4.34. The Bertz CT molecular complexity index is 803. The molecular weight excluding hydrogens is 318 g/mol. The van der Waals surface area contributed by atoms with Gasteiger partial charge >= 0.3 is 6.01 Å². The second-order valence-electron chi connectivity index (χ2n) is 4.62. The molecule has 23 heavy (non-hydrogen) atoms. The van der Waals surface area contributed by atoms with Crippen LogP contribution in [0.4, 0.5) is 11.7 Å². The lowest BCUT2D eigenvalue weighted by atomic mass is 10.2. The first-order chi connectivity index (χ1) is 11.2. The van der Waals surface area contributed by atoms with Gasteiger partial charge in [0.05, 0.1) is 19.8 Å². The number of ether oxygens (including phenoxy) is 2. The summed E-state index contributed by atoms with van der Waals surface area (Å²) in [5.41, 5.74) is 1.47. The van der Waals surface area contributed by atoms with Crippen LogP contribution in [0, 0.1) is 0 Å². The van der Waals surface area contributed by atoms with Crippen LogP contribution < -0.4 is 14.8 Å². The van der Waals surface area contributed by atoms with E-state index in [-0.39, 0.29) is 6.01 Å². The van der Waals surface area contributed by atoms with E-state index in [0.29, 0.717) is 27.9 Å². The topological polar surface area (TPSA) is 69.4 Å². The zero-order chi connectivity index (χ0) is 16.2. The summed E-state index contributed by atoms with van der Waals surface area (Å²) in [6.07, 6.45) is 0. The van der Waals surface area contributed by atoms with Gasteiger partial charge in [0.2, 0.25) is 5.82 Å². The van der Waals surface area contributed by atoms with Crippen molar-refractivity contribution in [2.45, 2.75) is 0 Å². The summed E-state index contributed by atoms with van der Waals surface area (Å²) in [5.74, 6) is 1.71. The van der Waals surface area contributed by atoms with Crippen LogP contribution in [0.15, 0.2) is 47.0 Å². The highest BCUT2D eigenvalue weighted by Crippen LogP contribution is 2.32. The third kappa shape index (κ3) is 3.37. The molecule has 0 aliphatic heterocycles. The van der Waals surface area contributed by atoms with Gasteiger partial charge in [-0.2, -0.15) is 4.98 Å². The molecule has 1 heterocycles. The number of benzene rings is 2. The van der Waals surface area contributed by atoms with Gasteiger partial charge in [-0.15, -0.1) is 0 Å². The van der Waals surface area contributed by atoms with Crippen molar-refractivity contribution in [1.29, 1.82) is 0 Å². The van der Waals surface area contributed by atoms with Crippen LogP contribution in [0.2, 0.25) is 5.02 Å². The number of aromatic nitrogens is 2. The van der Waals surface area contributed by atoms with E-state index in [4.69, 9.17) is 25.6 Å². The van der Waals surface area contributed by atoms with Crippen LogP contribution in [0.1, 0.15) is 0 Å². The Morgan fingerprint density at radius 2 is 1.83 bits per heavy atom. The summed E-state index contributed by atoms with van der Waals surface area (Å²) in [4.78, 5) is 4.32. The van der Waals surface area contributed by atoms with Gasteiger partial charge in [-0.1, -0.05) is 16.8 Å². The first kappa shape index (κ1) is 15.2. The number of nitrogens with zero attached hydrogens (tertiary/aromatic N) is 2. The lowest BCUT2D eigenvalue weighted by Gasteiger charge is -2.07. The Morgan fingerprint density at radius 3 is 2.52 bits per heavy atom. The summed E-state index contributed by atoms with van der Waals surface area (Å²) in [7, 11) is 3.17. The molecule has 0 unspecified atom stereocenters. The number of nitrogens with one attached hydrogen (secondary N) is 1. The predicted octanol–water partition coefficient (Wildman–Crippen LogP) is 4.15. The molecule has 7 heteroatoms. The van der Waals surface area contributed by atoms with Crippen molar-refractivity contribution >= 4 is 23.3 Å².